The van der Waals surface area contributed by atoms with Gasteiger partial charge in [-0.2, -0.15) is 15.6 Å². The molecule has 1 unspecified atom stereocenters. The van der Waals surface area contributed by atoms with Crippen LogP contribution in [0.2, 0.25) is 5.02 Å². The number of benzene rings is 1. The normalized spacial score (nSPS) is 21.8. The summed E-state index contributed by atoms with van der Waals surface area (Å²) in [5, 5.41) is 24.8. The molecule has 0 spiro atoms. The second-order valence-electron chi connectivity index (χ2n) is 16.0. The highest BCUT2D eigenvalue weighted by Crippen LogP contribution is 2.55. The molecule has 1 aromatic carbocycles. The highest BCUT2D eigenvalue weighted by Gasteiger charge is 2.65. The van der Waals surface area contributed by atoms with Gasteiger partial charge in [-0.15, -0.1) is 0 Å². The lowest BCUT2D eigenvalue weighted by molar-refractivity contribution is -0.204. The van der Waals surface area contributed by atoms with Crippen molar-refractivity contribution in [2.24, 2.45) is 0 Å². The summed E-state index contributed by atoms with van der Waals surface area (Å²) in [5.74, 6) is -0.724. The molecule has 334 valence electrons. The van der Waals surface area contributed by atoms with E-state index in [1.165, 1.54) is 82.4 Å². The van der Waals surface area contributed by atoms with Gasteiger partial charge in [0.05, 0.1) is 35.6 Å². The number of ether oxygens (including phenoxy) is 5. The fourth-order valence-electron chi connectivity index (χ4n) is 7.56. The van der Waals surface area contributed by atoms with Gasteiger partial charge in [0.25, 0.3) is 0 Å². The van der Waals surface area contributed by atoms with Crippen LogP contribution in [0.15, 0.2) is 61.1 Å². The van der Waals surface area contributed by atoms with E-state index < -0.39 is 50.2 Å². The topological polar surface area (TPSA) is 208 Å². The van der Waals surface area contributed by atoms with Crippen LogP contribution in [0.1, 0.15) is 115 Å². The molecule has 18 heteroatoms. The van der Waals surface area contributed by atoms with Gasteiger partial charge in [0.2, 0.25) is 11.5 Å². The van der Waals surface area contributed by atoms with Crippen molar-refractivity contribution in [2.75, 3.05) is 32.2 Å². The zero-order valence-electron chi connectivity index (χ0n) is 35.7. The van der Waals surface area contributed by atoms with Crippen LogP contribution in [0, 0.1) is 22.7 Å². The number of rotatable bonds is 26. The van der Waals surface area contributed by atoms with Crippen LogP contribution in [0.4, 0.5) is 5.82 Å². The van der Waals surface area contributed by atoms with Crippen LogP contribution in [0.3, 0.4) is 0 Å². The first-order chi connectivity index (χ1) is 30.0. The van der Waals surface area contributed by atoms with Crippen molar-refractivity contribution in [3.05, 3.63) is 77.3 Å². The molecule has 0 saturated carbocycles. The molecule has 6 atom stereocenters. The van der Waals surface area contributed by atoms with Crippen LogP contribution in [-0.2, 0) is 32.6 Å². The van der Waals surface area contributed by atoms with E-state index in [9.17, 15) is 15.1 Å². The molecule has 2 aliphatic heterocycles. The summed E-state index contributed by atoms with van der Waals surface area (Å²) in [6, 6.07) is 17.2. The summed E-state index contributed by atoms with van der Waals surface area (Å²) in [6.07, 6.45) is 13.8. The van der Waals surface area contributed by atoms with Gasteiger partial charge in [-0.3, -0.25) is 9.05 Å². The Bertz CT molecular complexity index is 2200. The summed E-state index contributed by atoms with van der Waals surface area (Å²) in [6.45, 7) is 5.15. The predicted octanol–water partition coefficient (Wildman–Crippen LogP) is 9.47. The van der Waals surface area contributed by atoms with Gasteiger partial charge < -0.3 is 33.9 Å². The van der Waals surface area contributed by atoms with Crippen molar-refractivity contribution in [3.63, 3.8) is 0 Å². The largest absolute Gasteiger partial charge is 0.530 e. The van der Waals surface area contributed by atoms with E-state index in [1.807, 2.05) is 0 Å². The van der Waals surface area contributed by atoms with Crippen molar-refractivity contribution in [2.45, 2.75) is 134 Å². The minimum Gasteiger partial charge on any atom is -0.469 e. The Balaban J connectivity index is 1.13. The van der Waals surface area contributed by atoms with Gasteiger partial charge in [-0.25, -0.2) is 19.0 Å². The molecule has 2 aliphatic rings. The van der Waals surface area contributed by atoms with Crippen molar-refractivity contribution in [1.29, 1.82) is 10.5 Å². The van der Waals surface area contributed by atoms with E-state index >= 15 is 0 Å². The fraction of sp³-hybridized carbons (Fsp3) is 0.568. The number of hydrogen-bond donors (Lipinski definition) is 1. The quantitative estimate of drug-likeness (QED) is 0.0460. The molecule has 0 amide bonds. The van der Waals surface area contributed by atoms with E-state index in [0.717, 1.165) is 19.3 Å². The number of phosphoric acid groups is 1. The minimum absolute atomic E-state index is 0.00851. The highest BCUT2D eigenvalue weighted by molar-refractivity contribution is 7.49. The lowest BCUT2D eigenvalue weighted by Gasteiger charge is -2.30. The number of pyridine rings is 1. The average molecular weight is 894 g/mol. The number of hydrogen-bond acceptors (Lipinski definition) is 15. The molecule has 62 heavy (non-hydrogen) atoms. The Morgan fingerprint density at radius 2 is 1.65 bits per heavy atom. The second kappa shape index (κ2) is 22.3. The molecular weight excluding hydrogens is 837 g/mol. The number of nitrogen functional groups attached to an aromatic ring is 1. The molecule has 16 nitrogen and oxygen atoms in total. The number of fused-ring (bicyclic) bond motifs is 2. The number of nitriles is 2. The molecule has 0 bridgehead atoms. The first-order valence-corrected chi connectivity index (χ1v) is 23.3. The smallest absolute Gasteiger partial charge is 0.469 e. The third-order valence-electron chi connectivity index (χ3n) is 10.7. The minimum atomic E-state index is -4.68. The number of anilines is 1. The van der Waals surface area contributed by atoms with E-state index in [0.29, 0.717) is 23.4 Å². The van der Waals surface area contributed by atoms with Gasteiger partial charge in [-0.1, -0.05) is 101 Å². The number of nitrogens with two attached hydrogens (primary N) is 1. The van der Waals surface area contributed by atoms with E-state index in [4.69, 9.17) is 54.6 Å². The molecular formula is C44H57ClN7O9P. The Hall–Kier alpha value is -4.35. The molecule has 2 N–H and O–H groups in total. The summed E-state index contributed by atoms with van der Waals surface area (Å²) >= 11 is 6.45. The highest BCUT2D eigenvalue weighted by atomic mass is 35.5. The van der Waals surface area contributed by atoms with Gasteiger partial charge in [0.1, 0.15) is 54.7 Å². The van der Waals surface area contributed by atoms with Crippen LogP contribution >= 0.6 is 19.4 Å². The Labute approximate surface area is 368 Å². The summed E-state index contributed by atoms with van der Waals surface area (Å²) in [5.41, 5.74) is 5.61. The van der Waals surface area contributed by atoms with Crippen molar-refractivity contribution in [1.82, 2.24) is 19.6 Å². The van der Waals surface area contributed by atoms with Crippen LogP contribution in [0.25, 0.3) is 5.52 Å². The number of aromatic nitrogens is 4. The average Bonchev–Trinajstić information content (AvgIpc) is 3.93. The fourth-order valence-corrected chi connectivity index (χ4v) is 9.06. The molecule has 5 heterocycles. The monoisotopic (exact) mass is 893 g/mol. The maximum atomic E-state index is 14.8. The van der Waals surface area contributed by atoms with Crippen LogP contribution < -0.4 is 15.0 Å². The number of para-hydroxylation sites is 1. The SMILES string of the molecule is CCCCCCCCCCCCCCOC[C@H](COP(=O)(OC[C@@]1(C#N)O[C@@H](c2ccc3c(N)ncnn23)[C@@H]2OC(C)(C)O[C@@H]21)Oc1ccccc1Cl)Oc1cc(C#N)ccn1. The van der Waals surface area contributed by atoms with Crippen LogP contribution in [-0.4, -0.2) is 75.7 Å². The van der Waals surface area contributed by atoms with Crippen LogP contribution in [0.5, 0.6) is 11.6 Å². The van der Waals surface area contributed by atoms with E-state index in [2.05, 4.69) is 34.1 Å². The molecule has 4 aromatic rings. The maximum absolute atomic E-state index is 14.8. The number of halogens is 1. The van der Waals surface area contributed by atoms with E-state index in [-0.39, 0.29) is 35.7 Å². The standard InChI is InChI=1S/C44H57ClN7O9P/c1-4-5-6-7-8-9-10-11-12-13-14-17-24-54-27-33(57-38-25-32(26-46)22-23-49-38)28-55-62(53,61-37-19-16-15-18-34(37)45)56-30-44(29-47)41-40(58-43(2,3)60-41)39(59-44)35-20-21-36-42(48)50-31-51-52(35)36/h15-16,18-23,25,31,33,39-41H,4-14,17,24,27-28,30H2,1-3H3,(H2,48,50,51)/t33-,39+,40+,41+,44-,62?/m1/s1. The molecule has 3 aromatic heterocycles. The van der Waals surface area contributed by atoms with E-state index in [1.54, 1.807) is 54.8 Å². The summed E-state index contributed by atoms with van der Waals surface area (Å²) in [7, 11) is -4.68. The molecule has 0 aliphatic carbocycles. The maximum Gasteiger partial charge on any atom is 0.530 e. The van der Waals surface area contributed by atoms with Gasteiger partial charge in [0.15, 0.2) is 11.6 Å². The zero-order chi connectivity index (χ0) is 44.0. The van der Waals surface area contributed by atoms with Crippen molar-refractivity contribution >= 4 is 30.8 Å². The molecule has 0 radical (unpaired) electrons. The third-order valence-corrected chi connectivity index (χ3v) is 12.4. The Kier molecular flexibility index (Phi) is 17.0. The Morgan fingerprint density at radius 3 is 2.35 bits per heavy atom. The lowest BCUT2D eigenvalue weighted by Crippen LogP contribution is -2.46. The summed E-state index contributed by atoms with van der Waals surface area (Å²) in [4.78, 5) is 8.31. The van der Waals surface area contributed by atoms with Gasteiger partial charge in [0, 0.05) is 18.9 Å². The predicted molar refractivity (Wildman–Crippen MR) is 230 cm³/mol. The second-order valence-corrected chi connectivity index (χ2v) is 18.0. The lowest BCUT2D eigenvalue weighted by atomic mass is 9.96. The molecule has 2 fully saturated rings. The number of phosphoric ester groups is 1. The Morgan fingerprint density at radius 1 is 0.919 bits per heavy atom. The molecule has 2 saturated heterocycles. The van der Waals surface area contributed by atoms with Gasteiger partial charge >= 0.3 is 7.82 Å². The number of unbranched alkanes of at least 4 members (excludes halogenated alkanes) is 11. The third kappa shape index (κ3) is 12.4. The molecule has 6 rings (SSSR count). The first-order valence-electron chi connectivity index (χ1n) is 21.5. The van der Waals surface area contributed by atoms with Gasteiger partial charge in [-0.05, 0) is 50.6 Å². The summed E-state index contributed by atoms with van der Waals surface area (Å²) < 4.78 is 65.5. The number of nitrogens with zero attached hydrogens (tertiary/aromatic N) is 6. The van der Waals surface area contributed by atoms with Crippen molar-refractivity contribution < 1.29 is 41.8 Å². The van der Waals surface area contributed by atoms with Crippen molar-refractivity contribution in [3.8, 4) is 23.8 Å². The zero-order valence-corrected chi connectivity index (χ0v) is 37.3. The first kappa shape index (κ1) is 47.1.